The number of aryl methyl sites for hydroxylation is 1. The van der Waals surface area contributed by atoms with Crippen LogP contribution in [0.3, 0.4) is 0 Å². The topological polar surface area (TPSA) is 9.23 Å². The van der Waals surface area contributed by atoms with Crippen molar-refractivity contribution in [3.63, 3.8) is 0 Å². The SMILES string of the molecule is Cc1ccc(C#CC2C[C@H]3O[C@@H]2c2ccccc23)cc1. The van der Waals surface area contributed by atoms with E-state index in [-0.39, 0.29) is 12.2 Å². The van der Waals surface area contributed by atoms with Crippen LogP contribution in [-0.4, -0.2) is 0 Å². The number of fused-ring (bicyclic) bond motifs is 5. The van der Waals surface area contributed by atoms with Gasteiger partial charge in [0.2, 0.25) is 0 Å². The van der Waals surface area contributed by atoms with Crippen LogP contribution in [0.1, 0.15) is 40.9 Å². The predicted octanol–water partition coefficient (Wildman–Crippen LogP) is 4.18. The van der Waals surface area contributed by atoms with Crippen molar-refractivity contribution in [2.45, 2.75) is 25.6 Å². The predicted molar refractivity (Wildman–Crippen MR) is 79.2 cm³/mol. The van der Waals surface area contributed by atoms with Crippen LogP contribution in [-0.2, 0) is 4.74 Å². The van der Waals surface area contributed by atoms with E-state index in [2.05, 4.69) is 67.3 Å². The van der Waals surface area contributed by atoms with Crippen LogP contribution in [0.15, 0.2) is 48.5 Å². The Morgan fingerprint density at radius 3 is 2.55 bits per heavy atom. The normalized spacial score (nSPS) is 25.9. The molecule has 0 aromatic heterocycles. The zero-order valence-corrected chi connectivity index (χ0v) is 11.5. The highest BCUT2D eigenvalue weighted by molar-refractivity contribution is 5.42. The van der Waals surface area contributed by atoms with Crippen molar-refractivity contribution in [1.82, 2.24) is 0 Å². The van der Waals surface area contributed by atoms with E-state index in [0.29, 0.717) is 5.92 Å². The number of benzene rings is 2. The molecule has 0 spiro atoms. The van der Waals surface area contributed by atoms with Crippen molar-refractivity contribution in [1.29, 1.82) is 0 Å². The molecule has 0 saturated carbocycles. The summed E-state index contributed by atoms with van der Waals surface area (Å²) < 4.78 is 6.06. The van der Waals surface area contributed by atoms with E-state index >= 15 is 0 Å². The van der Waals surface area contributed by atoms with E-state index in [4.69, 9.17) is 4.74 Å². The maximum atomic E-state index is 6.06. The van der Waals surface area contributed by atoms with Gasteiger partial charge in [-0.05, 0) is 36.6 Å². The summed E-state index contributed by atoms with van der Waals surface area (Å²) in [4.78, 5) is 0. The molecule has 0 N–H and O–H groups in total. The maximum absolute atomic E-state index is 6.06. The molecule has 3 atom stereocenters. The first-order chi connectivity index (χ1) is 9.81. The third kappa shape index (κ3) is 1.85. The molecular formula is C19H16O. The van der Waals surface area contributed by atoms with Crippen molar-refractivity contribution in [2.75, 3.05) is 0 Å². The van der Waals surface area contributed by atoms with Gasteiger partial charge in [0.25, 0.3) is 0 Å². The average Bonchev–Trinajstić information content (AvgIpc) is 3.06. The number of rotatable bonds is 0. The zero-order valence-electron chi connectivity index (χ0n) is 11.5. The fourth-order valence-corrected chi connectivity index (χ4v) is 3.18. The van der Waals surface area contributed by atoms with Crippen LogP contribution in [0.5, 0.6) is 0 Å². The van der Waals surface area contributed by atoms with Crippen LogP contribution in [0, 0.1) is 24.7 Å². The molecule has 1 saturated heterocycles. The van der Waals surface area contributed by atoms with Gasteiger partial charge in [0.1, 0.15) is 0 Å². The number of hydrogen-bond donors (Lipinski definition) is 0. The first-order valence-electron chi connectivity index (χ1n) is 7.14. The largest absolute Gasteiger partial charge is 0.364 e. The van der Waals surface area contributed by atoms with Crippen molar-refractivity contribution in [2.24, 2.45) is 5.92 Å². The van der Waals surface area contributed by atoms with Crippen molar-refractivity contribution < 1.29 is 4.74 Å². The molecule has 0 aliphatic carbocycles. The molecule has 2 heterocycles. The third-order valence-corrected chi connectivity index (χ3v) is 4.25. The van der Waals surface area contributed by atoms with E-state index in [9.17, 15) is 0 Å². The number of ether oxygens (including phenoxy) is 1. The molecule has 2 aromatic rings. The summed E-state index contributed by atoms with van der Waals surface area (Å²) in [6.07, 6.45) is 1.46. The van der Waals surface area contributed by atoms with Gasteiger partial charge in [-0.3, -0.25) is 0 Å². The number of hydrogen-bond acceptors (Lipinski definition) is 1. The summed E-state index contributed by atoms with van der Waals surface area (Å²) in [7, 11) is 0. The van der Waals surface area contributed by atoms with Gasteiger partial charge >= 0.3 is 0 Å². The van der Waals surface area contributed by atoms with E-state index in [1.807, 2.05) is 0 Å². The molecule has 2 aliphatic rings. The van der Waals surface area contributed by atoms with E-state index < -0.39 is 0 Å². The monoisotopic (exact) mass is 260 g/mol. The van der Waals surface area contributed by atoms with Gasteiger partial charge in [-0.1, -0.05) is 53.8 Å². The lowest BCUT2D eigenvalue weighted by Crippen LogP contribution is -2.08. The third-order valence-electron chi connectivity index (χ3n) is 4.25. The lowest BCUT2D eigenvalue weighted by atomic mass is 9.84. The molecule has 2 aromatic carbocycles. The zero-order chi connectivity index (χ0) is 13.5. The minimum Gasteiger partial charge on any atom is -0.364 e. The van der Waals surface area contributed by atoms with Crippen molar-refractivity contribution in [3.8, 4) is 11.8 Å². The lowest BCUT2D eigenvalue weighted by molar-refractivity contribution is 0.0657. The Bertz CT molecular complexity index is 703. The maximum Gasteiger partial charge on any atom is 0.0975 e. The quantitative estimate of drug-likeness (QED) is 0.646. The Labute approximate surface area is 119 Å². The Balaban J connectivity index is 1.60. The molecule has 98 valence electrons. The molecule has 1 fully saturated rings. The van der Waals surface area contributed by atoms with Gasteiger partial charge in [-0.2, -0.15) is 0 Å². The van der Waals surface area contributed by atoms with E-state index in [1.165, 1.54) is 16.7 Å². The van der Waals surface area contributed by atoms with Gasteiger partial charge in [-0.15, -0.1) is 0 Å². The average molecular weight is 260 g/mol. The summed E-state index contributed by atoms with van der Waals surface area (Å²) in [5.74, 6) is 7.04. The molecule has 2 aliphatic heterocycles. The fourth-order valence-electron chi connectivity index (χ4n) is 3.18. The molecule has 0 amide bonds. The molecule has 2 bridgehead atoms. The highest BCUT2D eigenvalue weighted by atomic mass is 16.5. The fraction of sp³-hybridized carbons (Fsp3) is 0.263. The summed E-state index contributed by atoms with van der Waals surface area (Å²) in [5, 5.41) is 0. The smallest absolute Gasteiger partial charge is 0.0975 e. The van der Waals surface area contributed by atoms with Gasteiger partial charge in [0.05, 0.1) is 18.1 Å². The van der Waals surface area contributed by atoms with Crippen LogP contribution in [0.4, 0.5) is 0 Å². The standard InChI is InChI=1S/C19H16O/c1-13-6-8-14(9-7-13)10-11-15-12-18-16-4-2-3-5-17(16)19(15)20-18/h2-9,15,18-19H,12H2,1H3/t15?,18-,19+/m1/s1. The van der Waals surface area contributed by atoms with Gasteiger partial charge in [-0.25, -0.2) is 0 Å². The Kier molecular flexibility index (Phi) is 2.65. The second kappa shape index (κ2) is 4.51. The molecule has 1 nitrogen and oxygen atoms in total. The lowest BCUT2D eigenvalue weighted by Gasteiger charge is -2.16. The first-order valence-corrected chi connectivity index (χ1v) is 7.14. The van der Waals surface area contributed by atoms with Crippen molar-refractivity contribution >= 4 is 0 Å². The second-order valence-electron chi connectivity index (χ2n) is 5.65. The van der Waals surface area contributed by atoms with E-state index in [0.717, 1.165) is 12.0 Å². The molecule has 20 heavy (non-hydrogen) atoms. The van der Waals surface area contributed by atoms with Gasteiger partial charge in [0, 0.05) is 5.56 Å². The van der Waals surface area contributed by atoms with E-state index in [1.54, 1.807) is 0 Å². The van der Waals surface area contributed by atoms with Crippen LogP contribution in [0.25, 0.3) is 0 Å². The van der Waals surface area contributed by atoms with Crippen molar-refractivity contribution in [3.05, 3.63) is 70.8 Å². The molecule has 1 heteroatoms. The highest BCUT2D eigenvalue weighted by Crippen LogP contribution is 2.53. The highest BCUT2D eigenvalue weighted by Gasteiger charge is 2.44. The molecular weight excluding hydrogens is 244 g/mol. The first kappa shape index (κ1) is 11.8. The summed E-state index contributed by atoms with van der Waals surface area (Å²) >= 11 is 0. The Morgan fingerprint density at radius 1 is 1.00 bits per heavy atom. The molecule has 4 rings (SSSR count). The Hall–Kier alpha value is -2.04. The molecule has 1 unspecified atom stereocenters. The summed E-state index contributed by atoms with van der Waals surface area (Å²) in [6.45, 7) is 2.10. The van der Waals surface area contributed by atoms with Gasteiger partial charge < -0.3 is 4.74 Å². The Morgan fingerprint density at radius 2 is 1.75 bits per heavy atom. The van der Waals surface area contributed by atoms with Gasteiger partial charge in [0.15, 0.2) is 0 Å². The minimum absolute atomic E-state index is 0.175. The van der Waals surface area contributed by atoms with Crippen LogP contribution < -0.4 is 0 Å². The minimum atomic E-state index is 0.175. The summed E-state index contributed by atoms with van der Waals surface area (Å²) in [5.41, 5.74) is 5.07. The summed E-state index contributed by atoms with van der Waals surface area (Å²) in [6, 6.07) is 16.9. The molecule has 0 radical (unpaired) electrons. The second-order valence-corrected chi connectivity index (χ2v) is 5.65. The van der Waals surface area contributed by atoms with Crippen LogP contribution >= 0.6 is 0 Å². The van der Waals surface area contributed by atoms with Crippen LogP contribution in [0.2, 0.25) is 0 Å².